The van der Waals surface area contributed by atoms with Gasteiger partial charge in [-0.05, 0) is 32.1 Å². The number of ether oxygens (including phenoxy) is 3. The first kappa shape index (κ1) is 39.5. The van der Waals surface area contributed by atoms with Crippen LogP contribution in [0, 0.1) is 5.92 Å². The Balaban J connectivity index is 1.71. The first-order valence-electron chi connectivity index (χ1n) is 18.4. The van der Waals surface area contributed by atoms with Crippen LogP contribution in [0.1, 0.15) is 168 Å². The smallest absolute Gasteiger partial charge is 0.337 e. The number of unbranched alkanes of at least 4 members (excludes halogenated alkanes) is 16. The summed E-state index contributed by atoms with van der Waals surface area (Å²) in [5.74, 6) is -5.81. The molecule has 0 aromatic heterocycles. The molecule has 0 aliphatic carbocycles. The van der Waals surface area contributed by atoms with Gasteiger partial charge in [0.05, 0.1) is 43.4 Å². The number of carboxylic acid groups (broad SMARTS) is 3. The highest BCUT2D eigenvalue weighted by molar-refractivity contribution is 5.90. The molecule has 2 rings (SSSR count). The molecule has 6 unspecified atom stereocenters. The Bertz CT molecular complexity index is 833. The Hall–Kier alpha value is -1.71. The number of hydrogen-bond donors (Lipinski definition) is 3. The van der Waals surface area contributed by atoms with E-state index in [1.54, 1.807) is 0 Å². The third kappa shape index (κ3) is 16.1. The van der Waals surface area contributed by atoms with Crippen molar-refractivity contribution >= 4 is 17.9 Å². The number of hydrogen-bond acceptors (Lipinski definition) is 6. The second-order valence-electron chi connectivity index (χ2n) is 13.5. The van der Waals surface area contributed by atoms with E-state index in [1.807, 2.05) is 0 Å². The van der Waals surface area contributed by atoms with E-state index in [1.165, 1.54) is 96.3 Å². The number of carboxylic acids is 3. The van der Waals surface area contributed by atoms with E-state index < -0.39 is 35.8 Å². The van der Waals surface area contributed by atoms with E-state index >= 15 is 0 Å². The van der Waals surface area contributed by atoms with Gasteiger partial charge in [-0.3, -0.25) is 9.59 Å². The van der Waals surface area contributed by atoms with Crippen molar-refractivity contribution in [3.63, 3.8) is 0 Å². The molecular weight excluding hydrogens is 576 g/mol. The Morgan fingerprint density at radius 1 is 0.600 bits per heavy atom. The second-order valence-corrected chi connectivity index (χ2v) is 13.5. The summed E-state index contributed by atoms with van der Waals surface area (Å²) in [4.78, 5) is 36.5. The van der Waals surface area contributed by atoms with Crippen LogP contribution < -0.4 is 0 Å². The fourth-order valence-corrected chi connectivity index (χ4v) is 6.72. The van der Waals surface area contributed by atoms with Crippen molar-refractivity contribution in [1.29, 1.82) is 0 Å². The molecule has 0 radical (unpaired) electrons. The van der Waals surface area contributed by atoms with E-state index in [9.17, 15) is 29.7 Å². The Morgan fingerprint density at radius 3 is 1.40 bits per heavy atom. The van der Waals surface area contributed by atoms with Gasteiger partial charge in [0.1, 0.15) is 0 Å². The van der Waals surface area contributed by atoms with Crippen LogP contribution in [0.4, 0.5) is 0 Å². The molecule has 2 fully saturated rings. The lowest BCUT2D eigenvalue weighted by Gasteiger charge is -2.33. The minimum absolute atomic E-state index is 0.0189. The zero-order valence-electron chi connectivity index (χ0n) is 28.4. The summed E-state index contributed by atoms with van der Waals surface area (Å²) in [6.45, 7) is 4.38. The van der Waals surface area contributed by atoms with E-state index in [0.717, 1.165) is 32.1 Å². The predicted octanol–water partition coefficient (Wildman–Crippen LogP) is 8.55. The van der Waals surface area contributed by atoms with Crippen LogP contribution in [0.15, 0.2) is 0 Å². The standard InChI is InChI=1S/C36H64O9/c1-3-5-7-9-11-13-15-17-19-21-29-31(44-29)24-23-28(34(39)40)36(35(41)42,27-33(37)38)43-26-25-32-30(45-32)22-20-18-16-14-12-10-8-6-4-2/h28-32H,3-27H2,1-2H3,(H,37,38)(H,39,40)(H,41,42). The molecular formula is C36H64O9. The Labute approximate surface area is 272 Å². The van der Waals surface area contributed by atoms with Crippen LogP contribution in [0.5, 0.6) is 0 Å². The largest absolute Gasteiger partial charge is 0.481 e. The van der Waals surface area contributed by atoms with E-state index in [0.29, 0.717) is 12.8 Å². The van der Waals surface area contributed by atoms with Gasteiger partial charge in [-0.2, -0.15) is 0 Å². The molecule has 2 aliphatic heterocycles. The molecule has 9 heteroatoms. The van der Waals surface area contributed by atoms with Crippen LogP contribution in [-0.2, 0) is 28.6 Å². The van der Waals surface area contributed by atoms with Crippen molar-refractivity contribution in [2.45, 2.75) is 198 Å². The molecule has 0 bridgehead atoms. The van der Waals surface area contributed by atoms with Crippen molar-refractivity contribution in [1.82, 2.24) is 0 Å². The number of carbonyl (C=O) groups is 3. The van der Waals surface area contributed by atoms with E-state index in [-0.39, 0.29) is 37.4 Å². The van der Waals surface area contributed by atoms with Crippen molar-refractivity contribution in [3.05, 3.63) is 0 Å². The van der Waals surface area contributed by atoms with Crippen molar-refractivity contribution < 1.29 is 43.9 Å². The average molecular weight is 641 g/mol. The summed E-state index contributed by atoms with van der Waals surface area (Å²) in [6.07, 6.45) is 24.2. The predicted molar refractivity (Wildman–Crippen MR) is 175 cm³/mol. The quantitative estimate of drug-likeness (QED) is 0.0486. The van der Waals surface area contributed by atoms with Gasteiger partial charge in [-0.1, -0.05) is 129 Å². The summed E-state index contributed by atoms with van der Waals surface area (Å²) < 4.78 is 17.3. The van der Waals surface area contributed by atoms with E-state index in [4.69, 9.17) is 14.2 Å². The lowest BCUT2D eigenvalue weighted by Crippen LogP contribution is -2.53. The molecule has 0 spiro atoms. The average Bonchev–Trinajstić information content (AvgIpc) is 3.92. The first-order chi connectivity index (χ1) is 21.7. The molecule has 0 saturated carbocycles. The molecule has 2 aliphatic rings. The van der Waals surface area contributed by atoms with Gasteiger partial charge in [0, 0.05) is 0 Å². The van der Waals surface area contributed by atoms with Crippen molar-refractivity contribution in [2.75, 3.05) is 6.61 Å². The SMILES string of the molecule is CCCCCCCCCCCC1OC1CCOC(CC(=O)O)(C(=O)O)C(CCC1OC1CCCCCCCCCCC)C(=O)O. The lowest BCUT2D eigenvalue weighted by molar-refractivity contribution is -0.189. The topological polar surface area (TPSA) is 146 Å². The fraction of sp³-hybridized carbons (Fsp3) is 0.917. The maximum atomic E-state index is 12.5. The van der Waals surface area contributed by atoms with Gasteiger partial charge in [-0.15, -0.1) is 0 Å². The van der Waals surface area contributed by atoms with Gasteiger partial charge in [-0.25, -0.2) is 4.79 Å². The molecule has 2 heterocycles. The fourth-order valence-electron chi connectivity index (χ4n) is 6.72. The first-order valence-corrected chi connectivity index (χ1v) is 18.4. The minimum Gasteiger partial charge on any atom is -0.481 e. The van der Waals surface area contributed by atoms with Crippen LogP contribution in [0.25, 0.3) is 0 Å². The van der Waals surface area contributed by atoms with Gasteiger partial charge < -0.3 is 29.5 Å². The van der Waals surface area contributed by atoms with Crippen LogP contribution in [0.3, 0.4) is 0 Å². The number of epoxide rings is 2. The van der Waals surface area contributed by atoms with Crippen LogP contribution >= 0.6 is 0 Å². The molecule has 3 N–H and O–H groups in total. The number of aliphatic carboxylic acids is 3. The minimum atomic E-state index is -2.35. The van der Waals surface area contributed by atoms with Gasteiger partial charge in [0.15, 0.2) is 5.60 Å². The third-order valence-corrected chi connectivity index (χ3v) is 9.70. The van der Waals surface area contributed by atoms with E-state index in [2.05, 4.69) is 13.8 Å². The summed E-state index contributed by atoms with van der Waals surface area (Å²) >= 11 is 0. The third-order valence-electron chi connectivity index (χ3n) is 9.70. The highest BCUT2D eigenvalue weighted by Gasteiger charge is 2.54. The second kappa shape index (κ2) is 22.8. The lowest BCUT2D eigenvalue weighted by atomic mass is 9.80. The highest BCUT2D eigenvalue weighted by Crippen LogP contribution is 2.38. The van der Waals surface area contributed by atoms with Gasteiger partial charge >= 0.3 is 17.9 Å². The number of rotatable bonds is 32. The summed E-state index contributed by atoms with van der Waals surface area (Å²) in [6, 6.07) is 0. The molecule has 2 saturated heterocycles. The maximum Gasteiger partial charge on any atom is 0.337 e. The molecule has 9 nitrogen and oxygen atoms in total. The Kier molecular flexibility index (Phi) is 20.0. The molecule has 0 aromatic carbocycles. The molecule has 0 aromatic rings. The normalized spacial score (nSPS) is 22.5. The zero-order chi connectivity index (χ0) is 32.9. The molecule has 6 atom stereocenters. The molecule has 262 valence electrons. The van der Waals surface area contributed by atoms with Crippen LogP contribution in [0.2, 0.25) is 0 Å². The maximum absolute atomic E-state index is 12.5. The van der Waals surface area contributed by atoms with Crippen LogP contribution in [-0.4, -0.2) is 69.9 Å². The molecule has 0 amide bonds. The van der Waals surface area contributed by atoms with Crippen molar-refractivity contribution in [2.24, 2.45) is 5.92 Å². The zero-order valence-corrected chi connectivity index (χ0v) is 28.4. The summed E-state index contributed by atoms with van der Waals surface area (Å²) in [7, 11) is 0. The monoisotopic (exact) mass is 640 g/mol. The Morgan fingerprint density at radius 2 is 1.00 bits per heavy atom. The summed E-state index contributed by atoms with van der Waals surface area (Å²) in [5.41, 5.74) is -2.35. The van der Waals surface area contributed by atoms with Crippen molar-refractivity contribution in [3.8, 4) is 0 Å². The van der Waals surface area contributed by atoms with Gasteiger partial charge in [0.25, 0.3) is 0 Å². The van der Waals surface area contributed by atoms with Gasteiger partial charge in [0.2, 0.25) is 0 Å². The summed E-state index contributed by atoms with van der Waals surface area (Å²) in [5, 5.41) is 29.7. The molecule has 45 heavy (non-hydrogen) atoms. The highest BCUT2D eigenvalue weighted by atomic mass is 16.6.